The van der Waals surface area contributed by atoms with Gasteiger partial charge in [0.05, 0.1) is 0 Å². The third-order valence-corrected chi connectivity index (χ3v) is 3.25. The van der Waals surface area contributed by atoms with Crippen LogP contribution < -0.4 is 4.90 Å². The summed E-state index contributed by atoms with van der Waals surface area (Å²) in [5, 5.41) is 12.4. The van der Waals surface area contributed by atoms with E-state index in [0.717, 1.165) is 18.5 Å². The van der Waals surface area contributed by atoms with Crippen molar-refractivity contribution in [2.24, 2.45) is 0 Å². The minimum absolute atomic E-state index is 0.0612. The number of carboxylic acids is 1. The van der Waals surface area contributed by atoms with Crippen LogP contribution in [0.2, 0.25) is 0 Å². The Balaban J connectivity index is 2.09. The number of benzene rings is 1. The fourth-order valence-electron chi connectivity index (χ4n) is 2.33. The molecule has 18 heavy (non-hydrogen) atoms. The van der Waals surface area contributed by atoms with Crippen LogP contribution in [-0.2, 0) is 6.42 Å². The number of anilines is 1. The molecule has 1 N–H and O–H groups in total. The molecular weight excluding hydrogens is 232 g/mol. The van der Waals surface area contributed by atoms with Crippen LogP contribution in [0.25, 0.3) is 11.3 Å². The van der Waals surface area contributed by atoms with E-state index < -0.39 is 5.97 Å². The average molecular weight is 244 g/mol. The minimum Gasteiger partial charge on any atom is -0.476 e. The summed E-state index contributed by atoms with van der Waals surface area (Å²) >= 11 is 0. The van der Waals surface area contributed by atoms with E-state index in [1.165, 1.54) is 17.3 Å². The molecular formula is C13H12N2O3. The summed E-state index contributed by atoms with van der Waals surface area (Å²) in [6, 6.07) is 7.40. The van der Waals surface area contributed by atoms with Crippen molar-refractivity contribution in [2.75, 3.05) is 18.5 Å². The second kappa shape index (κ2) is 3.87. The van der Waals surface area contributed by atoms with Crippen LogP contribution in [0.1, 0.15) is 16.1 Å². The molecule has 1 aromatic carbocycles. The zero-order valence-electron chi connectivity index (χ0n) is 9.88. The van der Waals surface area contributed by atoms with Crippen LogP contribution in [0.15, 0.2) is 28.8 Å². The first-order chi connectivity index (χ1) is 8.66. The Hall–Kier alpha value is -2.30. The molecule has 0 saturated heterocycles. The monoisotopic (exact) mass is 244 g/mol. The molecule has 0 amide bonds. The smallest absolute Gasteiger partial charge is 0.358 e. The van der Waals surface area contributed by atoms with E-state index >= 15 is 0 Å². The van der Waals surface area contributed by atoms with Crippen LogP contribution >= 0.6 is 0 Å². The second-order valence-corrected chi connectivity index (χ2v) is 4.36. The molecule has 5 nitrogen and oxygen atoms in total. The molecule has 1 aliphatic heterocycles. The van der Waals surface area contributed by atoms with E-state index in [9.17, 15) is 4.79 Å². The minimum atomic E-state index is -1.07. The lowest BCUT2D eigenvalue weighted by atomic mass is 10.0. The Morgan fingerprint density at radius 2 is 2.33 bits per heavy atom. The number of fused-ring (bicyclic) bond motifs is 1. The molecule has 1 aromatic heterocycles. The molecule has 0 atom stereocenters. The van der Waals surface area contributed by atoms with E-state index in [4.69, 9.17) is 9.63 Å². The van der Waals surface area contributed by atoms with Gasteiger partial charge in [-0.15, -0.1) is 0 Å². The first-order valence-electron chi connectivity index (χ1n) is 5.70. The topological polar surface area (TPSA) is 66.6 Å². The molecule has 92 valence electrons. The largest absolute Gasteiger partial charge is 0.476 e. The Morgan fingerprint density at radius 3 is 3.06 bits per heavy atom. The SMILES string of the molecule is CN1CCc2c(-c3cc(C(=O)O)no3)cccc21. The number of nitrogens with zero attached hydrogens (tertiary/aromatic N) is 2. The number of hydrogen-bond donors (Lipinski definition) is 1. The Bertz CT molecular complexity index is 618. The van der Waals surface area contributed by atoms with Gasteiger partial charge in [0.2, 0.25) is 0 Å². The lowest BCUT2D eigenvalue weighted by Gasteiger charge is -2.11. The normalized spacial score (nSPS) is 13.7. The van der Waals surface area contributed by atoms with Crippen LogP contribution in [0.4, 0.5) is 5.69 Å². The molecule has 3 rings (SSSR count). The zero-order valence-corrected chi connectivity index (χ0v) is 9.88. The van der Waals surface area contributed by atoms with Gasteiger partial charge in [-0.2, -0.15) is 0 Å². The molecule has 0 unspecified atom stereocenters. The van der Waals surface area contributed by atoms with Crippen molar-refractivity contribution in [3.05, 3.63) is 35.5 Å². The van der Waals surface area contributed by atoms with E-state index in [-0.39, 0.29) is 5.69 Å². The number of carbonyl (C=O) groups is 1. The van der Waals surface area contributed by atoms with Gasteiger partial charge in [0, 0.05) is 30.9 Å². The van der Waals surface area contributed by atoms with Crippen LogP contribution in [0.3, 0.4) is 0 Å². The van der Waals surface area contributed by atoms with Gasteiger partial charge in [0.25, 0.3) is 0 Å². The molecule has 1 aliphatic rings. The number of hydrogen-bond acceptors (Lipinski definition) is 4. The van der Waals surface area contributed by atoms with Gasteiger partial charge >= 0.3 is 5.97 Å². The van der Waals surface area contributed by atoms with Gasteiger partial charge in [-0.1, -0.05) is 17.3 Å². The van der Waals surface area contributed by atoms with Crippen molar-refractivity contribution < 1.29 is 14.4 Å². The predicted octanol–water partition coefficient (Wildman–Crippen LogP) is 2.03. The Kier molecular flexibility index (Phi) is 2.33. The maximum atomic E-state index is 10.8. The summed E-state index contributed by atoms with van der Waals surface area (Å²) in [6.45, 7) is 0.965. The van der Waals surface area contributed by atoms with E-state index in [0.29, 0.717) is 5.76 Å². The third kappa shape index (κ3) is 1.55. The van der Waals surface area contributed by atoms with E-state index in [2.05, 4.69) is 16.1 Å². The summed E-state index contributed by atoms with van der Waals surface area (Å²) < 4.78 is 5.12. The highest BCUT2D eigenvalue weighted by atomic mass is 16.5. The second-order valence-electron chi connectivity index (χ2n) is 4.36. The molecule has 0 fully saturated rings. The Morgan fingerprint density at radius 1 is 1.50 bits per heavy atom. The van der Waals surface area contributed by atoms with Crippen LogP contribution in [0.5, 0.6) is 0 Å². The molecule has 5 heteroatoms. The molecule has 2 aromatic rings. The zero-order chi connectivity index (χ0) is 12.7. The summed E-state index contributed by atoms with van der Waals surface area (Å²) in [5.74, 6) is -0.561. The number of aromatic nitrogens is 1. The van der Waals surface area contributed by atoms with Gasteiger partial charge in [-0.05, 0) is 18.1 Å². The van der Waals surface area contributed by atoms with Crippen LogP contribution in [0, 0.1) is 0 Å². The van der Waals surface area contributed by atoms with Crippen molar-refractivity contribution in [1.29, 1.82) is 0 Å². The van der Waals surface area contributed by atoms with Crippen molar-refractivity contribution >= 4 is 11.7 Å². The van der Waals surface area contributed by atoms with Gasteiger partial charge in [-0.3, -0.25) is 0 Å². The fraction of sp³-hybridized carbons (Fsp3) is 0.231. The quantitative estimate of drug-likeness (QED) is 0.875. The van der Waals surface area contributed by atoms with Gasteiger partial charge < -0.3 is 14.5 Å². The van der Waals surface area contributed by atoms with E-state index in [1.807, 2.05) is 19.2 Å². The molecule has 0 bridgehead atoms. The number of rotatable bonds is 2. The maximum Gasteiger partial charge on any atom is 0.358 e. The van der Waals surface area contributed by atoms with Gasteiger partial charge in [0.15, 0.2) is 11.5 Å². The number of aromatic carboxylic acids is 1. The highest BCUT2D eigenvalue weighted by Crippen LogP contribution is 2.35. The van der Waals surface area contributed by atoms with Crippen molar-refractivity contribution in [1.82, 2.24) is 5.16 Å². The van der Waals surface area contributed by atoms with Gasteiger partial charge in [-0.25, -0.2) is 4.79 Å². The number of likely N-dealkylation sites (N-methyl/N-ethyl adjacent to an activating group) is 1. The third-order valence-electron chi connectivity index (χ3n) is 3.25. The van der Waals surface area contributed by atoms with Crippen molar-refractivity contribution in [3.8, 4) is 11.3 Å². The standard InChI is InChI=1S/C13H12N2O3/c1-15-6-5-8-9(3-2-4-11(8)15)12-7-10(13(16)17)14-18-12/h2-4,7H,5-6H2,1H3,(H,16,17). The summed E-state index contributed by atoms with van der Waals surface area (Å²) in [7, 11) is 2.04. The lowest BCUT2D eigenvalue weighted by Crippen LogP contribution is -2.12. The summed E-state index contributed by atoms with van der Waals surface area (Å²) in [4.78, 5) is 13.0. The maximum absolute atomic E-state index is 10.8. The highest BCUT2D eigenvalue weighted by Gasteiger charge is 2.22. The van der Waals surface area contributed by atoms with E-state index in [1.54, 1.807) is 0 Å². The first-order valence-corrected chi connectivity index (χ1v) is 5.70. The average Bonchev–Trinajstić information content (AvgIpc) is 2.97. The summed E-state index contributed by atoms with van der Waals surface area (Å²) in [6.07, 6.45) is 0.936. The van der Waals surface area contributed by atoms with Crippen molar-refractivity contribution in [3.63, 3.8) is 0 Å². The number of carboxylic acid groups (broad SMARTS) is 1. The fourth-order valence-corrected chi connectivity index (χ4v) is 2.33. The molecule has 0 spiro atoms. The molecule has 2 heterocycles. The lowest BCUT2D eigenvalue weighted by molar-refractivity contribution is 0.0686. The van der Waals surface area contributed by atoms with Gasteiger partial charge in [0.1, 0.15) is 0 Å². The first kappa shape index (κ1) is 10.8. The molecule has 0 aliphatic carbocycles. The van der Waals surface area contributed by atoms with Crippen LogP contribution in [-0.4, -0.2) is 29.8 Å². The summed E-state index contributed by atoms with van der Waals surface area (Å²) in [5.41, 5.74) is 3.22. The molecule has 0 saturated carbocycles. The highest BCUT2D eigenvalue weighted by molar-refractivity contribution is 5.87. The predicted molar refractivity (Wildman–Crippen MR) is 65.9 cm³/mol. The Labute approximate surface area is 104 Å². The van der Waals surface area contributed by atoms with Crippen molar-refractivity contribution in [2.45, 2.75) is 6.42 Å². The molecule has 0 radical (unpaired) electrons.